The maximum atomic E-state index is 12.8. The fraction of sp³-hybridized carbons (Fsp3) is 0.375. The molecule has 3 heterocycles. The molecule has 0 aliphatic carbocycles. The van der Waals surface area contributed by atoms with Crippen LogP contribution >= 0.6 is 0 Å². The molecule has 8 heteroatoms. The van der Waals surface area contributed by atoms with Gasteiger partial charge in [-0.2, -0.15) is 4.31 Å². The zero-order chi connectivity index (χ0) is 22.7. The highest BCUT2D eigenvalue weighted by molar-refractivity contribution is 7.89. The Labute approximate surface area is 189 Å². The fourth-order valence-electron chi connectivity index (χ4n) is 4.14. The van der Waals surface area contributed by atoms with Gasteiger partial charge in [0.25, 0.3) is 5.91 Å². The number of piperidine rings is 1. The van der Waals surface area contributed by atoms with E-state index in [1.54, 1.807) is 34.8 Å². The highest BCUT2D eigenvalue weighted by atomic mass is 32.2. The summed E-state index contributed by atoms with van der Waals surface area (Å²) in [5.41, 5.74) is 3.33. The van der Waals surface area contributed by atoms with Gasteiger partial charge in [0, 0.05) is 31.0 Å². The largest absolute Gasteiger partial charge is 0.467 e. The maximum absolute atomic E-state index is 12.8. The normalized spacial score (nSPS) is 15.1. The number of furan rings is 1. The van der Waals surface area contributed by atoms with Gasteiger partial charge >= 0.3 is 0 Å². The molecule has 1 N–H and O–H groups in total. The SMILES string of the molecule is Cc1cc(C(=O)NCc2ccc(S(=O)(=O)N3CCCCC3)cc2)c(C)n1Cc1ccco1. The molecule has 0 atom stereocenters. The zero-order valence-electron chi connectivity index (χ0n) is 18.5. The van der Waals surface area contributed by atoms with E-state index in [0.29, 0.717) is 36.6 Å². The molecule has 170 valence electrons. The molecule has 7 nitrogen and oxygen atoms in total. The van der Waals surface area contributed by atoms with Crippen molar-refractivity contribution in [1.82, 2.24) is 14.2 Å². The number of benzene rings is 1. The summed E-state index contributed by atoms with van der Waals surface area (Å²) >= 11 is 0. The minimum atomic E-state index is -3.45. The van der Waals surface area contributed by atoms with Crippen LogP contribution in [-0.4, -0.2) is 36.3 Å². The van der Waals surface area contributed by atoms with Crippen molar-refractivity contribution in [2.45, 2.75) is 51.1 Å². The minimum absolute atomic E-state index is 0.159. The van der Waals surface area contributed by atoms with Crippen LogP contribution in [0.25, 0.3) is 0 Å². The third-order valence-corrected chi connectivity index (χ3v) is 7.95. The molecule has 1 saturated heterocycles. The van der Waals surface area contributed by atoms with Gasteiger partial charge in [0.15, 0.2) is 0 Å². The monoisotopic (exact) mass is 455 g/mol. The van der Waals surface area contributed by atoms with Gasteiger partial charge in [-0.3, -0.25) is 4.79 Å². The maximum Gasteiger partial charge on any atom is 0.253 e. The van der Waals surface area contributed by atoms with Crippen LogP contribution in [-0.2, 0) is 23.1 Å². The van der Waals surface area contributed by atoms with Gasteiger partial charge in [-0.05, 0) is 62.6 Å². The number of aryl methyl sites for hydroxylation is 1. The number of hydrogen-bond donors (Lipinski definition) is 1. The standard InChI is InChI=1S/C24H29N3O4S/c1-18-15-23(19(2)27(18)17-21-7-6-14-31-21)24(28)25-16-20-8-10-22(11-9-20)32(29,30)26-12-4-3-5-13-26/h6-11,14-15H,3-5,12-13,16-17H2,1-2H3,(H,25,28). The summed E-state index contributed by atoms with van der Waals surface area (Å²) in [5.74, 6) is 0.673. The van der Waals surface area contributed by atoms with Crippen LogP contribution in [0.3, 0.4) is 0 Å². The minimum Gasteiger partial charge on any atom is -0.467 e. The Balaban J connectivity index is 1.40. The highest BCUT2D eigenvalue weighted by Crippen LogP contribution is 2.21. The fourth-order valence-corrected chi connectivity index (χ4v) is 5.66. The number of hydrogen-bond acceptors (Lipinski definition) is 4. The number of rotatable bonds is 7. The van der Waals surface area contributed by atoms with Crippen LogP contribution in [0.15, 0.2) is 58.0 Å². The van der Waals surface area contributed by atoms with Gasteiger partial charge in [0.05, 0.1) is 23.3 Å². The van der Waals surface area contributed by atoms with E-state index in [1.165, 1.54) is 0 Å². The summed E-state index contributed by atoms with van der Waals surface area (Å²) in [7, 11) is -3.45. The lowest BCUT2D eigenvalue weighted by Gasteiger charge is -2.25. The van der Waals surface area contributed by atoms with Crippen molar-refractivity contribution in [2.75, 3.05) is 13.1 Å². The van der Waals surface area contributed by atoms with Gasteiger partial charge in [0.1, 0.15) is 5.76 Å². The smallest absolute Gasteiger partial charge is 0.253 e. The first kappa shape index (κ1) is 22.4. The first-order chi connectivity index (χ1) is 15.4. The molecule has 1 aliphatic heterocycles. The molecule has 3 aromatic rings. The van der Waals surface area contributed by atoms with Crippen molar-refractivity contribution in [2.24, 2.45) is 0 Å². The molecule has 2 aromatic heterocycles. The Morgan fingerprint density at radius 2 is 1.78 bits per heavy atom. The van der Waals surface area contributed by atoms with Gasteiger partial charge < -0.3 is 14.3 Å². The van der Waals surface area contributed by atoms with Gasteiger partial charge in [0.2, 0.25) is 10.0 Å². The molecule has 1 fully saturated rings. The molecule has 0 radical (unpaired) electrons. The molecule has 0 spiro atoms. The highest BCUT2D eigenvalue weighted by Gasteiger charge is 2.25. The van der Waals surface area contributed by atoms with Gasteiger partial charge in [-0.25, -0.2) is 8.42 Å². The first-order valence-corrected chi connectivity index (χ1v) is 12.4. The number of nitrogens with zero attached hydrogens (tertiary/aromatic N) is 2. The average molecular weight is 456 g/mol. The summed E-state index contributed by atoms with van der Waals surface area (Å²) in [6.07, 6.45) is 4.53. The van der Waals surface area contributed by atoms with Crippen LogP contribution in [0.5, 0.6) is 0 Å². The predicted octanol–water partition coefficient (Wildman–Crippen LogP) is 3.85. The molecule has 32 heavy (non-hydrogen) atoms. The summed E-state index contributed by atoms with van der Waals surface area (Å²) < 4.78 is 34.6. The quantitative estimate of drug-likeness (QED) is 0.586. The van der Waals surface area contributed by atoms with E-state index in [0.717, 1.165) is 42.0 Å². The lowest BCUT2D eigenvalue weighted by molar-refractivity contribution is 0.0950. The van der Waals surface area contributed by atoms with E-state index in [9.17, 15) is 13.2 Å². The molecule has 0 saturated carbocycles. The van der Waals surface area contributed by atoms with Crippen LogP contribution in [0.1, 0.15) is 52.3 Å². The Bertz CT molecular complexity index is 1170. The van der Waals surface area contributed by atoms with Gasteiger partial charge in [-0.15, -0.1) is 0 Å². The lowest BCUT2D eigenvalue weighted by Crippen LogP contribution is -2.35. The number of nitrogens with one attached hydrogen (secondary N) is 1. The van der Waals surface area contributed by atoms with Crippen molar-refractivity contribution >= 4 is 15.9 Å². The molecule has 4 rings (SSSR count). The van der Waals surface area contributed by atoms with Crippen molar-refractivity contribution in [3.05, 3.63) is 77.0 Å². The van der Waals surface area contributed by atoms with Crippen LogP contribution in [0, 0.1) is 13.8 Å². The van der Waals surface area contributed by atoms with Crippen LogP contribution in [0.2, 0.25) is 0 Å². The number of aromatic nitrogens is 1. The molecule has 1 aliphatic rings. The molecule has 1 aromatic carbocycles. The number of carbonyl (C=O) groups excluding carboxylic acids is 1. The molecule has 0 unspecified atom stereocenters. The number of carbonyl (C=O) groups is 1. The number of sulfonamides is 1. The predicted molar refractivity (Wildman–Crippen MR) is 122 cm³/mol. The topological polar surface area (TPSA) is 84.5 Å². The zero-order valence-corrected chi connectivity index (χ0v) is 19.3. The lowest BCUT2D eigenvalue weighted by atomic mass is 10.2. The van der Waals surface area contributed by atoms with E-state index in [1.807, 2.05) is 36.6 Å². The van der Waals surface area contributed by atoms with E-state index >= 15 is 0 Å². The molecule has 0 bridgehead atoms. The summed E-state index contributed by atoms with van der Waals surface area (Å²) in [6, 6.07) is 12.4. The summed E-state index contributed by atoms with van der Waals surface area (Å²) in [5, 5.41) is 2.94. The van der Waals surface area contributed by atoms with E-state index in [2.05, 4.69) is 5.32 Å². The second-order valence-electron chi connectivity index (χ2n) is 8.24. The van der Waals surface area contributed by atoms with Crippen LogP contribution < -0.4 is 5.32 Å². The average Bonchev–Trinajstić information content (AvgIpc) is 3.42. The van der Waals surface area contributed by atoms with E-state index in [4.69, 9.17) is 4.42 Å². The summed E-state index contributed by atoms with van der Waals surface area (Å²) in [6.45, 7) is 5.95. The summed E-state index contributed by atoms with van der Waals surface area (Å²) in [4.78, 5) is 13.1. The van der Waals surface area contributed by atoms with Crippen molar-refractivity contribution < 1.29 is 17.6 Å². The Morgan fingerprint density at radius 3 is 2.44 bits per heavy atom. The van der Waals surface area contributed by atoms with Gasteiger partial charge in [-0.1, -0.05) is 18.6 Å². The Hall–Kier alpha value is -2.84. The molecular formula is C24H29N3O4S. The molecular weight excluding hydrogens is 426 g/mol. The third kappa shape index (κ3) is 4.66. The number of amides is 1. The van der Waals surface area contributed by atoms with Crippen molar-refractivity contribution in [1.29, 1.82) is 0 Å². The Morgan fingerprint density at radius 1 is 1.06 bits per heavy atom. The first-order valence-electron chi connectivity index (χ1n) is 10.9. The second kappa shape index (κ2) is 9.34. The second-order valence-corrected chi connectivity index (χ2v) is 10.2. The van der Waals surface area contributed by atoms with Crippen LogP contribution in [0.4, 0.5) is 0 Å². The van der Waals surface area contributed by atoms with E-state index in [-0.39, 0.29) is 5.91 Å². The molecule has 1 amide bonds. The van der Waals surface area contributed by atoms with Crippen molar-refractivity contribution in [3.8, 4) is 0 Å². The third-order valence-electron chi connectivity index (χ3n) is 6.04. The Kier molecular flexibility index (Phi) is 6.53. The van der Waals surface area contributed by atoms with E-state index < -0.39 is 10.0 Å². The van der Waals surface area contributed by atoms with Crippen molar-refractivity contribution in [3.63, 3.8) is 0 Å².